The van der Waals surface area contributed by atoms with Gasteiger partial charge in [-0.05, 0) is 42.8 Å². The number of hydrogen-bond donors (Lipinski definition) is 2. The number of amides is 2. The quantitative estimate of drug-likeness (QED) is 0.797. The van der Waals surface area contributed by atoms with Crippen molar-refractivity contribution in [3.8, 4) is 5.75 Å². The molecule has 27 heavy (non-hydrogen) atoms. The Hall–Kier alpha value is -2.80. The van der Waals surface area contributed by atoms with Gasteiger partial charge in [-0.25, -0.2) is 4.99 Å². The van der Waals surface area contributed by atoms with Gasteiger partial charge in [0.25, 0.3) is 0 Å². The van der Waals surface area contributed by atoms with Crippen LogP contribution < -0.4 is 15.4 Å². The summed E-state index contributed by atoms with van der Waals surface area (Å²) in [5, 5.41) is 5.47. The van der Waals surface area contributed by atoms with Gasteiger partial charge in [0.15, 0.2) is 5.17 Å². The van der Waals surface area contributed by atoms with Crippen LogP contribution in [-0.4, -0.2) is 28.8 Å². The maximum atomic E-state index is 12.6. The summed E-state index contributed by atoms with van der Waals surface area (Å²) < 4.78 is 5.53. The summed E-state index contributed by atoms with van der Waals surface area (Å²) in [5.41, 5.74) is 1.39. The third kappa shape index (κ3) is 5.59. The molecule has 2 aromatic carbocycles. The SMILES string of the molecule is CCCOc1ccc(NC(=O)[C@H]2CC(=O)NC(=Nc3ccccc3)S2)cc1. The van der Waals surface area contributed by atoms with E-state index in [4.69, 9.17) is 4.74 Å². The first-order valence-electron chi connectivity index (χ1n) is 8.78. The topological polar surface area (TPSA) is 79.8 Å². The second-order valence-corrected chi connectivity index (χ2v) is 7.16. The van der Waals surface area contributed by atoms with Crippen LogP contribution in [0.2, 0.25) is 0 Å². The summed E-state index contributed by atoms with van der Waals surface area (Å²) in [5.74, 6) is 0.322. The standard InChI is InChI=1S/C20H21N3O3S/c1-2-12-26-16-10-8-15(9-11-16)21-19(25)17-13-18(24)23-20(27-17)22-14-6-4-3-5-7-14/h3-11,17H,2,12-13H2,1H3,(H,21,25)(H,22,23,24)/t17-/m1/s1. The Kier molecular flexibility index (Phi) is 6.49. The van der Waals surface area contributed by atoms with Crippen molar-refractivity contribution in [3.05, 3.63) is 54.6 Å². The summed E-state index contributed by atoms with van der Waals surface area (Å²) in [6, 6.07) is 16.5. The second-order valence-electron chi connectivity index (χ2n) is 5.97. The Morgan fingerprint density at radius 3 is 2.67 bits per heavy atom. The predicted molar refractivity (Wildman–Crippen MR) is 109 cm³/mol. The van der Waals surface area contributed by atoms with Crippen molar-refractivity contribution >= 4 is 40.1 Å². The molecule has 1 aliphatic heterocycles. The first kappa shape index (κ1) is 19.0. The van der Waals surface area contributed by atoms with Gasteiger partial charge < -0.3 is 15.4 Å². The molecule has 2 amide bonds. The van der Waals surface area contributed by atoms with Crippen LogP contribution >= 0.6 is 11.8 Å². The normalized spacial score (nSPS) is 18.0. The zero-order valence-electron chi connectivity index (χ0n) is 15.0. The van der Waals surface area contributed by atoms with Gasteiger partial charge in [0.05, 0.1) is 12.3 Å². The summed E-state index contributed by atoms with van der Waals surface area (Å²) in [6.07, 6.45) is 1.05. The van der Waals surface area contributed by atoms with Crippen molar-refractivity contribution in [1.29, 1.82) is 0 Å². The van der Waals surface area contributed by atoms with Crippen LogP contribution in [0.3, 0.4) is 0 Å². The third-order valence-electron chi connectivity index (χ3n) is 3.75. The lowest BCUT2D eigenvalue weighted by Gasteiger charge is -2.22. The van der Waals surface area contributed by atoms with Crippen LogP contribution in [0.1, 0.15) is 19.8 Å². The van der Waals surface area contributed by atoms with Gasteiger partial charge in [-0.15, -0.1) is 0 Å². The molecule has 0 aliphatic carbocycles. The molecule has 7 heteroatoms. The zero-order chi connectivity index (χ0) is 19.1. The molecule has 0 saturated carbocycles. The van der Waals surface area contributed by atoms with Gasteiger partial charge in [0.2, 0.25) is 11.8 Å². The second kappa shape index (κ2) is 9.23. The fourth-order valence-corrected chi connectivity index (χ4v) is 3.44. The number of anilines is 1. The average molecular weight is 383 g/mol. The van der Waals surface area contributed by atoms with Crippen molar-refractivity contribution in [3.63, 3.8) is 0 Å². The average Bonchev–Trinajstić information content (AvgIpc) is 2.68. The minimum atomic E-state index is -0.530. The smallest absolute Gasteiger partial charge is 0.238 e. The Labute approximate surface area is 162 Å². The van der Waals surface area contributed by atoms with E-state index in [9.17, 15) is 9.59 Å². The molecule has 0 unspecified atom stereocenters. The highest BCUT2D eigenvalue weighted by Gasteiger charge is 2.30. The molecule has 0 bridgehead atoms. The molecule has 1 atom stereocenters. The van der Waals surface area contributed by atoms with Gasteiger partial charge in [0.1, 0.15) is 11.0 Å². The molecule has 0 spiro atoms. The number of aliphatic imine (C=N–C) groups is 1. The molecule has 2 aromatic rings. The highest BCUT2D eigenvalue weighted by molar-refractivity contribution is 8.15. The largest absolute Gasteiger partial charge is 0.494 e. The van der Waals surface area contributed by atoms with Crippen LogP contribution in [0.4, 0.5) is 11.4 Å². The number of amidine groups is 1. The van der Waals surface area contributed by atoms with E-state index in [1.54, 1.807) is 12.1 Å². The molecule has 1 saturated heterocycles. The van der Waals surface area contributed by atoms with E-state index in [1.807, 2.05) is 49.4 Å². The number of nitrogens with one attached hydrogen (secondary N) is 2. The van der Waals surface area contributed by atoms with E-state index in [1.165, 1.54) is 11.8 Å². The fraction of sp³-hybridized carbons (Fsp3) is 0.250. The highest BCUT2D eigenvalue weighted by Crippen LogP contribution is 2.25. The van der Waals surface area contributed by atoms with Crippen LogP contribution in [0, 0.1) is 0 Å². The van der Waals surface area contributed by atoms with Crippen molar-refractivity contribution in [1.82, 2.24) is 5.32 Å². The van der Waals surface area contributed by atoms with E-state index in [-0.39, 0.29) is 18.2 Å². The Morgan fingerprint density at radius 2 is 1.96 bits per heavy atom. The van der Waals surface area contributed by atoms with Crippen LogP contribution in [0.15, 0.2) is 59.6 Å². The minimum absolute atomic E-state index is 0.113. The number of para-hydroxylation sites is 1. The van der Waals surface area contributed by atoms with Crippen LogP contribution in [-0.2, 0) is 9.59 Å². The number of benzene rings is 2. The fourth-order valence-electron chi connectivity index (χ4n) is 2.44. The Balaban J connectivity index is 1.63. The molecule has 2 N–H and O–H groups in total. The van der Waals surface area contributed by atoms with Gasteiger partial charge in [0, 0.05) is 12.1 Å². The summed E-state index contributed by atoms with van der Waals surface area (Å²) in [4.78, 5) is 28.9. The summed E-state index contributed by atoms with van der Waals surface area (Å²) in [6.45, 7) is 2.70. The third-order valence-corrected chi connectivity index (χ3v) is 4.83. The van der Waals surface area contributed by atoms with Gasteiger partial charge in [-0.2, -0.15) is 0 Å². The number of carbonyl (C=O) groups is 2. The first-order valence-corrected chi connectivity index (χ1v) is 9.66. The van der Waals surface area contributed by atoms with Crippen molar-refractivity contribution < 1.29 is 14.3 Å². The number of carbonyl (C=O) groups excluding carboxylic acids is 2. The van der Waals surface area contributed by atoms with Crippen LogP contribution in [0.5, 0.6) is 5.75 Å². The van der Waals surface area contributed by atoms with Crippen molar-refractivity contribution in [2.75, 3.05) is 11.9 Å². The number of ether oxygens (including phenoxy) is 1. The lowest BCUT2D eigenvalue weighted by Crippen LogP contribution is -2.41. The number of nitrogens with zero attached hydrogens (tertiary/aromatic N) is 1. The van der Waals surface area contributed by atoms with Gasteiger partial charge in [-0.1, -0.05) is 36.9 Å². The van der Waals surface area contributed by atoms with E-state index in [0.717, 1.165) is 17.9 Å². The van der Waals surface area contributed by atoms with E-state index in [0.29, 0.717) is 17.5 Å². The Morgan fingerprint density at radius 1 is 1.22 bits per heavy atom. The minimum Gasteiger partial charge on any atom is -0.494 e. The van der Waals surface area contributed by atoms with E-state index < -0.39 is 5.25 Å². The molecule has 0 radical (unpaired) electrons. The maximum Gasteiger partial charge on any atom is 0.238 e. The molecule has 3 rings (SSSR count). The lowest BCUT2D eigenvalue weighted by atomic mass is 10.2. The highest BCUT2D eigenvalue weighted by atomic mass is 32.2. The zero-order valence-corrected chi connectivity index (χ0v) is 15.8. The molecular weight excluding hydrogens is 362 g/mol. The van der Waals surface area contributed by atoms with Gasteiger partial charge in [-0.3, -0.25) is 9.59 Å². The van der Waals surface area contributed by atoms with Gasteiger partial charge >= 0.3 is 0 Å². The maximum absolute atomic E-state index is 12.6. The molecule has 140 valence electrons. The number of thioether (sulfide) groups is 1. The Bertz CT molecular complexity index is 822. The molecule has 6 nitrogen and oxygen atoms in total. The van der Waals surface area contributed by atoms with Crippen LogP contribution in [0.25, 0.3) is 0 Å². The number of rotatable bonds is 6. The monoisotopic (exact) mass is 383 g/mol. The number of hydrogen-bond acceptors (Lipinski definition) is 5. The summed E-state index contributed by atoms with van der Waals surface area (Å²) in [7, 11) is 0. The molecule has 1 fully saturated rings. The van der Waals surface area contributed by atoms with E-state index in [2.05, 4.69) is 15.6 Å². The molecule has 0 aromatic heterocycles. The van der Waals surface area contributed by atoms with E-state index >= 15 is 0 Å². The van der Waals surface area contributed by atoms with Crippen molar-refractivity contribution in [2.45, 2.75) is 25.0 Å². The van der Waals surface area contributed by atoms with Crippen molar-refractivity contribution in [2.24, 2.45) is 4.99 Å². The molecule has 1 heterocycles. The predicted octanol–water partition coefficient (Wildman–Crippen LogP) is 3.72. The summed E-state index contributed by atoms with van der Waals surface area (Å²) >= 11 is 1.25. The lowest BCUT2D eigenvalue weighted by molar-refractivity contribution is -0.123. The molecule has 1 aliphatic rings. The first-order chi connectivity index (χ1) is 13.1. The molecular formula is C20H21N3O3S.